The molecule has 30 heavy (non-hydrogen) atoms. The lowest BCUT2D eigenvalue weighted by atomic mass is 10.0. The van der Waals surface area contributed by atoms with Crippen LogP contribution in [0.5, 0.6) is 0 Å². The number of rotatable bonds is 6. The summed E-state index contributed by atoms with van der Waals surface area (Å²) in [5, 5.41) is 43.5. The number of nitrogens with one attached hydrogen (secondary N) is 1. The second kappa shape index (κ2) is 7.27. The molecular formula is C17H14N6O7. The molecule has 0 radical (unpaired) electrons. The van der Waals surface area contributed by atoms with Crippen LogP contribution in [-0.4, -0.2) is 44.4 Å². The minimum Gasteiger partial charge on any atom is -0.692 e. The Bertz CT molecular complexity index is 1170. The summed E-state index contributed by atoms with van der Waals surface area (Å²) in [4.78, 5) is 36.2. The number of aldehydes is 1. The third-order valence-corrected chi connectivity index (χ3v) is 4.63. The Balaban J connectivity index is 1.74. The second-order valence-corrected chi connectivity index (χ2v) is 6.51. The van der Waals surface area contributed by atoms with Crippen LogP contribution in [0.3, 0.4) is 0 Å². The van der Waals surface area contributed by atoms with Crippen molar-refractivity contribution in [2.24, 2.45) is 0 Å². The highest BCUT2D eigenvalue weighted by Gasteiger charge is 2.39. The summed E-state index contributed by atoms with van der Waals surface area (Å²) in [6.07, 6.45) is 0.190. The molecule has 1 aliphatic carbocycles. The van der Waals surface area contributed by atoms with Crippen molar-refractivity contribution in [1.29, 1.82) is 0 Å². The third kappa shape index (κ3) is 3.11. The number of carbonyl (C=O) groups is 3. The first kappa shape index (κ1) is 19.0. The van der Waals surface area contributed by atoms with E-state index >= 15 is 0 Å². The highest BCUT2D eigenvalue weighted by Crippen LogP contribution is 2.27. The van der Waals surface area contributed by atoms with Crippen LogP contribution < -0.4 is 15.1 Å². The van der Waals surface area contributed by atoms with Crippen LogP contribution in [0.15, 0.2) is 28.9 Å². The van der Waals surface area contributed by atoms with E-state index in [1.165, 1.54) is 12.1 Å². The molecule has 1 unspecified atom stereocenters. The zero-order valence-corrected chi connectivity index (χ0v) is 15.2. The van der Waals surface area contributed by atoms with Gasteiger partial charge >= 0.3 is 17.4 Å². The van der Waals surface area contributed by atoms with E-state index in [2.05, 4.69) is 20.2 Å². The molecule has 1 atom stereocenters. The summed E-state index contributed by atoms with van der Waals surface area (Å²) >= 11 is 0. The Kier molecular flexibility index (Phi) is 4.62. The lowest BCUT2D eigenvalue weighted by molar-refractivity contribution is -0.808. The van der Waals surface area contributed by atoms with E-state index in [1.54, 1.807) is 12.1 Å². The number of carboxylic acid groups (broad SMARTS) is 1. The molecular weight excluding hydrogens is 400 g/mol. The fourth-order valence-electron chi connectivity index (χ4n) is 3.25. The maximum atomic E-state index is 12.8. The molecule has 1 aliphatic rings. The SMILES string of the molecule is O=CC(CC(=O)O)NC(=O)c1ccccc1-n1nc2c([n+]1[O-])CCc1c-2no[n+]1[O-]. The van der Waals surface area contributed by atoms with Crippen molar-refractivity contribution in [3.8, 4) is 17.1 Å². The number of hydrogen-bond acceptors (Lipinski definition) is 8. The summed E-state index contributed by atoms with van der Waals surface area (Å²) in [5.41, 5.74) is 0.915. The molecule has 13 heteroatoms. The van der Waals surface area contributed by atoms with Gasteiger partial charge < -0.3 is 25.6 Å². The van der Waals surface area contributed by atoms with Crippen molar-refractivity contribution in [1.82, 2.24) is 20.4 Å². The number of amides is 1. The van der Waals surface area contributed by atoms with Crippen LogP contribution in [0.25, 0.3) is 17.1 Å². The summed E-state index contributed by atoms with van der Waals surface area (Å²) in [6.45, 7) is 0. The fourth-order valence-corrected chi connectivity index (χ4v) is 3.25. The molecule has 13 nitrogen and oxygen atoms in total. The molecule has 1 amide bonds. The molecule has 0 fully saturated rings. The van der Waals surface area contributed by atoms with Crippen LogP contribution >= 0.6 is 0 Å². The van der Waals surface area contributed by atoms with Gasteiger partial charge in [-0.3, -0.25) is 14.2 Å². The number of carboxylic acids is 1. The lowest BCUT2D eigenvalue weighted by Gasteiger charge is -2.13. The second-order valence-electron chi connectivity index (χ2n) is 6.51. The number of fused-ring (bicyclic) bond motifs is 3. The molecule has 1 aromatic carbocycles. The van der Waals surface area contributed by atoms with Crippen molar-refractivity contribution in [3.63, 3.8) is 0 Å². The first-order valence-electron chi connectivity index (χ1n) is 8.78. The number of para-hydroxylation sites is 1. The highest BCUT2D eigenvalue weighted by molar-refractivity contribution is 5.99. The Morgan fingerprint density at radius 1 is 1.27 bits per heavy atom. The van der Waals surface area contributed by atoms with Gasteiger partial charge in [-0.25, -0.2) is 0 Å². The van der Waals surface area contributed by atoms with E-state index in [4.69, 9.17) is 5.11 Å². The smallest absolute Gasteiger partial charge is 0.305 e. The van der Waals surface area contributed by atoms with Gasteiger partial charge in [0.05, 0.1) is 28.3 Å². The Morgan fingerprint density at radius 3 is 2.73 bits per heavy atom. The van der Waals surface area contributed by atoms with Crippen LogP contribution in [0.2, 0.25) is 0 Å². The summed E-state index contributed by atoms with van der Waals surface area (Å²) in [7, 11) is 0. The Morgan fingerprint density at radius 2 is 2.00 bits per heavy atom. The first-order chi connectivity index (χ1) is 14.4. The number of aliphatic carboxylic acids is 1. The molecule has 0 aliphatic heterocycles. The van der Waals surface area contributed by atoms with Crippen LogP contribution in [0, 0.1) is 10.4 Å². The quantitative estimate of drug-likeness (QED) is 0.280. The first-order valence-corrected chi connectivity index (χ1v) is 8.78. The minimum atomic E-state index is -1.25. The van der Waals surface area contributed by atoms with Crippen LogP contribution in [0.4, 0.5) is 0 Å². The number of nitrogens with zero attached hydrogens (tertiary/aromatic N) is 5. The van der Waals surface area contributed by atoms with Gasteiger partial charge in [0, 0.05) is 12.8 Å². The predicted molar refractivity (Wildman–Crippen MR) is 94.0 cm³/mol. The maximum Gasteiger partial charge on any atom is 0.305 e. The lowest BCUT2D eigenvalue weighted by Crippen LogP contribution is -2.43. The molecule has 0 bridgehead atoms. The van der Waals surface area contributed by atoms with Gasteiger partial charge in [0.15, 0.2) is 5.69 Å². The molecule has 2 aromatic heterocycles. The molecule has 2 N–H and O–H groups in total. The van der Waals surface area contributed by atoms with E-state index in [0.717, 1.165) is 4.80 Å². The zero-order chi connectivity index (χ0) is 21.4. The summed E-state index contributed by atoms with van der Waals surface area (Å²) < 4.78 is 4.58. The molecule has 154 valence electrons. The van der Waals surface area contributed by atoms with E-state index in [1.807, 2.05) is 0 Å². The van der Waals surface area contributed by atoms with E-state index in [-0.39, 0.29) is 51.8 Å². The Hall–Kier alpha value is -4.29. The Labute approximate surface area is 167 Å². The zero-order valence-electron chi connectivity index (χ0n) is 15.2. The molecule has 4 rings (SSSR count). The fraction of sp³-hybridized carbons (Fsp3) is 0.235. The number of aromatic nitrogens is 5. The van der Waals surface area contributed by atoms with Crippen molar-refractivity contribution in [2.75, 3.05) is 0 Å². The molecule has 0 saturated heterocycles. The average molecular weight is 414 g/mol. The van der Waals surface area contributed by atoms with Crippen LogP contribution in [0.1, 0.15) is 28.2 Å². The van der Waals surface area contributed by atoms with Gasteiger partial charge in [-0.2, -0.15) is 0 Å². The van der Waals surface area contributed by atoms with Crippen molar-refractivity contribution >= 4 is 18.2 Å². The van der Waals surface area contributed by atoms with Gasteiger partial charge in [0.25, 0.3) is 5.91 Å². The summed E-state index contributed by atoms with van der Waals surface area (Å²) in [5.74, 6) is -2.01. The van der Waals surface area contributed by atoms with Crippen molar-refractivity contribution in [3.05, 3.63) is 51.6 Å². The highest BCUT2D eigenvalue weighted by atomic mass is 16.8. The normalized spacial score (nSPS) is 13.2. The van der Waals surface area contributed by atoms with Gasteiger partial charge in [0.2, 0.25) is 5.69 Å². The van der Waals surface area contributed by atoms with Gasteiger partial charge in [0.1, 0.15) is 12.0 Å². The average Bonchev–Trinajstić information content (AvgIpc) is 3.27. The largest absolute Gasteiger partial charge is 0.692 e. The van der Waals surface area contributed by atoms with E-state index in [0.29, 0.717) is 11.1 Å². The predicted octanol–water partition coefficient (Wildman–Crippen LogP) is -1.34. The van der Waals surface area contributed by atoms with Gasteiger partial charge in [-0.15, -0.1) is 4.85 Å². The number of hydrogen-bond donors (Lipinski definition) is 2. The third-order valence-electron chi connectivity index (χ3n) is 4.63. The number of benzene rings is 1. The minimum absolute atomic E-state index is 0.00143. The standard InChI is InChI=1S/C17H14N6O7/c24-8-9(7-14(25)26)18-17(27)10-3-1-2-4-11(10)21-19-15-12(22(21)28)5-6-13-16(15)20-30-23(13)29/h1-4,8-9H,5-7H2,(H,18,27)(H,25,26). The monoisotopic (exact) mass is 414 g/mol. The van der Waals surface area contributed by atoms with Crippen LogP contribution in [-0.2, 0) is 22.4 Å². The van der Waals surface area contributed by atoms with E-state index < -0.39 is 24.3 Å². The van der Waals surface area contributed by atoms with Gasteiger partial charge in [-0.1, -0.05) is 12.1 Å². The van der Waals surface area contributed by atoms with E-state index in [9.17, 15) is 24.8 Å². The molecule has 3 aromatic rings. The topological polar surface area (TPSA) is 181 Å². The molecule has 0 spiro atoms. The summed E-state index contributed by atoms with van der Waals surface area (Å²) in [6, 6.07) is 4.75. The van der Waals surface area contributed by atoms with Crippen molar-refractivity contribution < 1.29 is 33.9 Å². The number of carbonyl (C=O) groups excluding carboxylic acids is 2. The molecule has 0 saturated carbocycles. The van der Waals surface area contributed by atoms with Gasteiger partial charge in [-0.05, 0) is 21.8 Å². The van der Waals surface area contributed by atoms with Crippen molar-refractivity contribution in [2.45, 2.75) is 25.3 Å². The maximum absolute atomic E-state index is 12.8. The molecule has 2 heterocycles.